The second-order valence-corrected chi connectivity index (χ2v) is 10.3. The topological polar surface area (TPSA) is 77.5 Å². The van der Waals surface area contributed by atoms with Gasteiger partial charge in [-0.15, -0.1) is 0 Å². The zero-order valence-corrected chi connectivity index (χ0v) is 20.7. The van der Waals surface area contributed by atoms with Gasteiger partial charge in [-0.2, -0.15) is 0 Å². The number of nitrogens with one attached hydrogen (secondary N) is 1. The summed E-state index contributed by atoms with van der Waals surface area (Å²) in [5, 5.41) is 3.00. The van der Waals surface area contributed by atoms with Crippen LogP contribution in [0, 0.1) is 35.4 Å². The van der Waals surface area contributed by atoms with Crippen LogP contribution in [0.15, 0.2) is 48.7 Å². The quantitative estimate of drug-likeness (QED) is 0.548. The molecule has 0 spiro atoms. The number of carbonyl (C=O) groups excluding carboxylic acids is 2. The average Bonchev–Trinajstić information content (AvgIpc) is 3.15. The summed E-state index contributed by atoms with van der Waals surface area (Å²) in [4.78, 5) is 29.2. The second-order valence-electron chi connectivity index (χ2n) is 10.3. The number of carbonyl (C=O) groups is 2. The fourth-order valence-electron chi connectivity index (χ4n) is 6.64. The van der Waals surface area contributed by atoms with Gasteiger partial charge in [-0.25, -0.2) is 9.18 Å². The van der Waals surface area contributed by atoms with Crippen LogP contribution in [-0.2, 0) is 14.3 Å². The molecule has 2 heterocycles. The highest BCUT2D eigenvalue weighted by Gasteiger charge is 2.54. The number of fused-ring (bicyclic) bond motifs is 2. The van der Waals surface area contributed by atoms with Crippen LogP contribution in [0.2, 0.25) is 0 Å². The van der Waals surface area contributed by atoms with Crippen LogP contribution in [-0.4, -0.2) is 35.8 Å². The van der Waals surface area contributed by atoms with Crippen molar-refractivity contribution in [1.82, 2.24) is 10.3 Å². The van der Waals surface area contributed by atoms with Gasteiger partial charge in [0.2, 0.25) is 0 Å². The molecule has 5 rings (SSSR count). The maximum atomic E-state index is 13.6. The zero-order chi connectivity index (χ0) is 25.2. The number of rotatable bonds is 5. The number of pyridine rings is 1. The normalized spacial score (nSPS) is 31.4. The SMILES string of the molecule is CCOC(=O)N[C@@H]1CC[C@H]2[C@H](C1)C[C@@H]1C(=O)O[C@@H](C)[C@H]1[C@H]2/C=C/c1ccc(-c2cccc(F)c2)cn1. The van der Waals surface area contributed by atoms with Gasteiger partial charge >= 0.3 is 12.1 Å². The minimum Gasteiger partial charge on any atom is -0.462 e. The Bertz CT molecular complexity index is 1130. The molecule has 3 aliphatic rings. The van der Waals surface area contributed by atoms with E-state index in [9.17, 15) is 14.0 Å². The number of benzene rings is 1. The lowest BCUT2D eigenvalue weighted by molar-refractivity contribution is -0.144. The minimum atomic E-state index is -0.368. The van der Waals surface area contributed by atoms with E-state index in [1.54, 1.807) is 19.2 Å². The summed E-state index contributed by atoms with van der Waals surface area (Å²) in [6, 6.07) is 10.4. The molecule has 190 valence electrons. The fraction of sp³-hybridized carbons (Fsp3) is 0.483. The van der Waals surface area contributed by atoms with Crippen LogP contribution in [0.5, 0.6) is 0 Å². The Labute approximate surface area is 211 Å². The molecule has 0 radical (unpaired) electrons. The Kier molecular flexibility index (Phi) is 7.08. The van der Waals surface area contributed by atoms with Crippen LogP contribution >= 0.6 is 0 Å². The molecule has 6 nitrogen and oxygen atoms in total. The molecule has 1 amide bonds. The predicted molar refractivity (Wildman–Crippen MR) is 134 cm³/mol. The number of nitrogens with zero attached hydrogens (tertiary/aromatic N) is 1. The summed E-state index contributed by atoms with van der Waals surface area (Å²) < 4.78 is 24.3. The van der Waals surface area contributed by atoms with Crippen LogP contribution in [0.25, 0.3) is 17.2 Å². The largest absolute Gasteiger partial charge is 0.462 e. The van der Waals surface area contributed by atoms with E-state index >= 15 is 0 Å². The molecule has 1 saturated heterocycles. The van der Waals surface area contributed by atoms with Gasteiger partial charge in [0.1, 0.15) is 11.9 Å². The highest BCUT2D eigenvalue weighted by molar-refractivity contribution is 5.75. The lowest BCUT2D eigenvalue weighted by Gasteiger charge is -2.47. The Hall–Kier alpha value is -3.22. The molecule has 0 unspecified atom stereocenters. The van der Waals surface area contributed by atoms with Gasteiger partial charge in [-0.3, -0.25) is 9.78 Å². The zero-order valence-electron chi connectivity index (χ0n) is 20.7. The number of ether oxygens (including phenoxy) is 2. The number of halogens is 1. The van der Waals surface area contributed by atoms with Crippen molar-refractivity contribution >= 4 is 18.1 Å². The van der Waals surface area contributed by atoms with Crippen molar-refractivity contribution in [2.45, 2.75) is 51.7 Å². The Balaban J connectivity index is 1.34. The van der Waals surface area contributed by atoms with Crippen LogP contribution in [0.1, 0.15) is 45.2 Å². The highest BCUT2D eigenvalue weighted by Crippen LogP contribution is 2.53. The number of allylic oxidation sites excluding steroid dienone is 1. The van der Waals surface area contributed by atoms with E-state index < -0.39 is 0 Å². The molecular weight excluding hydrogens is 459 g/mol. The van der Waals surface area contributed by atoms with Gasteiger partial charge in [0.25, 0.3) is 0 Å². The van der Waals surface area contributed by atoms with Gasteiger partial charge in [0.15, 0.2) is 0 Å². The first kappa shape index (κ1) is 24.5. The number of cyclic esters (lactones) is 1. The molecule has 2 saturated carbocycles. The molecule has 0 bridgehead atoms. The van der Waals surface area contributed by atoms with E-state index in [1.807, 2.05) is 31.2 Å². The first-order valence-corrected chi connectivity index (χ1v) is 13.0. The molecule has 1 aliphatic heterocycles. The number of hydrogen-bond acceptors (Lipinski definition) is 5. The Morgan fingerprint density at radius 3 is 2.83 bits per heavy atom. The first-order valence-electron chi connectivity index (χ1n) is 13.0. The third-order valence-corrected chi connectivity index (χ3v) is 8.18. The second kappa shape index (κ2) is 10.4. The summed E-state index contributed by atoms with van der Waals surface area (Å²) in [5.74, 6) is 0.629. The lowest BCUT2D eigenvalue weighted by atomic mass is 9.57. The molecule has 36 heavy (non-hydrogen) atoms. The summed E-state index contributed by atoms with van der Waals surface area (Å²) in [6.07, 6.45) is 9.07. The molecular formula is C29H33FN2O4. The molecule has 1 N–H and O–H groups in total. The van der Waals surface area contributed by atoms with E-state index in [0.717, 1.165) is 42.5 Å². The fourth-order valence-corrected chi connectivity index (χ4v) is 6.64. The first-order chi connectivity index (χ1) is 17.4. The van der Waals surface area contributed by atoms with E-state index in [1.165, 1.54) is 12.1 Å². The Morgan fingerprint density at radius 1 is 1.22 bits per heavy atom. The van der Waals surface area contributed by atoms with Gasteiger partial charge < -0.3 is 14.8 Å². The van der Waals surface area contributed by atoms with Crippen molar-refractivity contribution < 1.29 is 23.5 Å². The van der Waals surface area contributed by atoms with Crippen molar-refractivity contribution in [2.75, 3.05) is 6.61 Å². The molecule has 1 aromatic heterocycles. The summed E-state index contributed by atoms with van der Waals surface area (Å²) in [6.45, 7) is 4.15. The van der Waals surface area contributed by atoms with Gasteiger partial charge in [0, 0.05) is 23.7 Å². The van der Waals surface area contributed by atoms with Crippen LogP contribution in [0.3, 0.4) is 0 Å². The van der Waals surface area contributed by atoms with E-state index in [0.29, 0.717) is 18.4 Å². The Morgan fingerprint density at radius 2 is 2.08 bits per heavy atom. The smallest absolute Gasteiger partial charge is 0.407 e. The van der Waals surface area contributed by atoms with Crippen molar-refractivity contribution in [3.05, 3.63) is 60.2 Å². The monoisotopic (exact) mass is 492 g/mol. The third kappa shape index (κ3) is 5.01. The molecule has 2 aromatic rings. The predicted octanol–water partition coefficient (Wildman–Crippen LogP) is 5.63. The summed E-state index contributed by atoms with van der Waals surface area (Å²) >= 11 is 0. The van der Waals surface area contributed by atoms with Gasteiger partial charge in [-0.05, 0) is 87.1 Å². The lowest BCUT2D eigenvalue weighted by Crippen LogP contribution is -2.48. The van der Waals surface area contributed by atoms with Crippen molar-refractivity contribution in [3.63, 3.8) is 0 Å². The van der Waals surface area contributed by atoms with E-state index in [-0.39, 0.29) is 47.8 Å². The minimum absolute atomic E-state index is 0.0679. The number of alkyl carbamates (subject to hydrolysis) is 1. The molecule has 3 fully saturated rings. The number of aromatic nitrogens is 1. The van der Waals surface area contributed by atoms with E-state index in [2.05, 4.69) is 16.4 Å². The number of hydrogen-bond donors (Lipinski definition) is 1. The van der Waals surface area contributed by atoms with E-state index in [4.69, 9.17) is 9.47 Å². The highest BCUT2D eigenvalue weighted by atomic mass is 19.1. The number of esters is 1. The summed E-state index contributed by atoms with van der Waals surface area (Å²) in [5.41, 5.74) is 2.48. The molecule has 2 aliphatic carbocycles. The van der Waals surface area contributed by atoms with Crippen molar-refractivity contribution in [3.8, 4) is 11.1 Å². The van der Waals surface area contributed by atoms with Gasteiger partial charge in [0.05, 0.1) is 18.2 Å². The molecule has 7 heteroatoms. The molecule has 1 aromatic carbocycles. The maximum Gasteiger partial charge on any atom is 0.407 e. The van der Waals surface area contributed by atoms with Crippen molar-refractivity contribution in [1.29, 1.82) is 0 Å². The number of amides is 1. The summed E-state index contributed by atoms with van der Waals surface area (Å²) in [7, 11) is 0. The standard InChI is InChI=1S/C29H33FN2O4/c1-3-35-29(34)32-23-10-11-24-20(14-23)15-26-27(17(2)36-28(26)33)25(24)12-9-22-8-7-19(16-31-22)18-5-4-6-21(30)13-18/h4-9,12-13,16-17,20,23-27H,3,10-11,14-15H2,1-2H3,(H,32,34)/b12-9+/t17-,20+,23+,24-,25-,26-,27-/m0/s1. The average molecular weight is 493 g/mol. The maximum absolute atomic E-state index is 13.6. The molecule has 7 atom stereocenters. The van der Waals surface area contributed by atoms with Crippen molar-refractivity contribution in [2.24, 2.45) is 29.6 Å². The van der Waals surface area contributed by atoms with Crippen LogP contribution in [0.4, 0.5) is 9.18 Å². The van der Waals surface area contributed by atoms with Crippen LogP contribution < -0.4 is 5.32 Å². The van der Waals surface area contributed by atoms with Gasteiger partial charge in [-0.1, -0.05) is 24.3 Å². The third-order valence-electron chi connectivity index (χ3n) is 8.18.